The van der Waals surface area contributed by atoms with Gasteiger partial charge in [-0.15, -0.1) is 0 Å². The number of carbonyl (C=O) groups excluding carboxylic acids is 4. The van der Waals surface area contributed by atoms with E-state index in [1.165, 1.54) is 0 Å². The summed E-state index contributed by atoms with van der Waals surface area (Å²) in [5, 5.41) is 0.334. The van der Waals surface area contributed by atoms with Crippen LogP contribution >= 0.6 is 11.6 Å². The molecule has 3 atom stereocenters. The summed E-state index contributed by atoms with van der Waals surface area (Å²) in [6.45, 7) is 2.00. The number of imide groups is 1. The molecule has 2 heterocycles. The Morgan fingerprint density at radius 1 is 0.829 bits per heavy atom. The van der Waals surface area contributed by atoms with E-state index in [0.29, 0.717) is 10.6 Å². The van der Waals surface area contributed by atoms with Gasteiger partial charge in [-0.2, -0.15) is 0 Å². The molecule has 6 nitrogen and oxygen atoms in total. The van der Waals surface area contributed by atoms with E-state index in [1.54, 1.807) is 48.5 Å². The summed E-state index contributed by atoms with van der Waals surface area (Å²) in [6.07, 6.45) is -1.02. The smallest absolute Gasteiger partial charge is 0.237 e. The fraction of sp³-hybridized carbons (Fsp3) is 0.214. The second-order valence-corrected chi connectivity index (χ2v) is 9.66. The van der Waals surface area contributed by atoms with Crippen LogP contribution in [0.5, 0.6) is 0 Å². The van der Waals surface area contributed by atoms with E-state index >= 15 is 0 Å². The number of rotatable bonds is 3. The number of halogens is 1. The van der Waals surface area contributed by atoms with E-state index in [-0.39, 0.29) is 17.7 Å². The second-order valence-electron chi connectivity index (χ2n) is 9.25. The lowest BCUT2D eigenvalue weighted by Crippen LogP contribution is -2.50. The van der Waals surface area contributed by atoms with Crippen molar-refractivity contribution in [2.24, 2.45) is 11.8 Å². The van der Waals surface area contributed by atoms with Gasteiger partial charge in [-0.1, -0.05) is 83.9 Å². The monoisotopic (exact) mass is 485 g/mol. The third-order valence-corrected chi connectivity index (χ3v) is 7.63. The van der Waals surface area contributed by atoms with Gasteiger partial charge in [0.2, 0.25) is 29.0 Å². The van der Waals surface area contributed by atoms with Crippen LogP contribution in [-0.4, -0.2) is 33.9 Å². The Morgan fingerprint density at radius 2 is 1.43 bits per heavy atom. The summed E-state index contributed by atoms with van der Waals surface area (Å²) in [5.41, 5.74) is 0.606. The molecule has 1 aliphatic carbocycles. The highest BCUT2D eigenvalue weighted by atomic mass is 35.5. The predicted molar refractivity (Wildman–Crippen MR) is 127 cm³/mol. The first-order chi connectivity index (χ1) is 16.8. The molecular formula is C28H20ClNO5. The fourth-order valence-corrected chi connectivity index (χ4v) is 5.84. The minimum Gasteiger partial charge on any atom is -0.349 e. The molecule has 0 unspecified atom stereocenters. The number of hydrogen-bond donors (Lipinski definition) is 0. The van der Waals surface area contributed by atoms with Crippen LogP contribution in [0.25, 0.3) is 0 Å². The molecule has 3 aromatic carbocycles. The number of amides is 2. The predicted octanol–water partition coefficient (Wildman–Crippen LogP) is 4.34. The van der Waals surface area contributed by atoms with Crippen molar-refractivity contribution in [1.82, 2.24) is 4.90 Å². The Morgan fingerprint density at radius 3 is 2.06 bits per heavy atom. The normalized spacial score (nSPS) is 24.4. The average molecular weight is 486 g/mol. The van der Waals surface area contributed by atoms with Crippen molar-refractivity contribution >= 4 is 35.0 Å². The number of hydrogen-bond acceptors (Lipinski definition) is 5. The zero-order chi connectivity index (χ0) is 24.5. The number of carbonyl (C=O) groups is 4. The van der Waals surface area contributed by atoms with E-state index in [2.05, 4.69) is 0 Å². The van der Waals surface area contributed by atoms with Gasteiger partial charge in [-0.05, 0) is 18.6 Å². The van der Waals surface area contributed by atoms with Crippen LogP contribution in [0.3, 0.4) is 0 Å². The topological polar surface area (TPSA) is 80.8 Å². The Balaban J connectivity index is 1.49. The summed E-state index contributed by atoms with van der Waals surface area (Å²) < 4.78 is 6.25. The van der Waals surface area contributed by atoms with E-state index in [0.717, 1.165) is 16.0 Å². The van der Waals surface area contributed by atoms with Gasteiger partial charge in [0.15, 0.2) is 0 Å². The molecule has 0 N–H and O–H groups in total. The maximum Gasteiger partial charge on any atom is 0.237 e. The van der Waals surface area contributed by atoms with Crippen molar-refractivity contribution in [1.29, 1.82) is 0 Å². The summed E-state index contributed by atoms with van der Waals surface area (Å²) in [6, 6.07) is 20.8. The summed E-state index contributed by atoms with van der Waals surface area (Å²) in [7, 11) is 0. The van der Waals surface area contributed by atoms with Crippen LogP contribution in [-0.2, 0) is 20.9 Å². The molecule has 3 aliphatic rings. The molecule has 35 heavy (non-hydrogen) atoms. The molecule has 6 rings (SSSR count). The minimum absolute atomic E-state index is 0.0472. The first-order valence-electron chi connectivity index (χ1n) is 11.4. The summed E-state index contributed by atoms with van der Waals surface area (Å²) in [5.74, 6) is -4.53. The molecule has 174 valence electrons. The van der Waals surface area contributed by atoms with Gasteiger partial charge in [-0.3, -0.25) is 24.1 Å². The highest BCUT2D eigenvalue weighted by molar-refractivity contribution is 6.35. The molecule has 2 aliphatic heterocycles. The van der Waals surface area contributed by atoms with Crippen molar-refractivity contribution in [2.75, 3.05) is 0 Å². The van der Waals surface area contributed by atoms with Gasteiger partial charge < -0.3 is 4.74 Å². The van der Waals surface area contributed by atoms with Gasteiger partial charge in [0.1, 0.15) is 0 Å². The van der Waals surface area contributed by atoms with Gasteiger partial charge >= 0.3 is 0 Å². The van der Waals surface area contributed by atoms with E-state index in [9.17, 15) is 19.2 Å². The number of benzene rings is 3. The first-order valence-corrected chi connectivity index (χ1v) is 11.7. The molecule has 0 bridgehead atoms. The average Bonchev–Trinajstić information content (AvgIpc) is 3.42. The Kier molecular flexibility index (Phi) is 4.82. The van der Waals surface area contributed by atoms with Crippen molar-refractivity contribution in [3.8, 4) is 0 Å². The van der Waals surface area contributed by atoms with Crippen molar-refractivity contribution in [3.63, 3.8) is 0 Å². The van der Waals surface area contributed by atoms with Crippen LogP contribution in [0.2, 0.25) is 5.02 Å². The second kappa shape index (κ2) is 7.70. The molecule has 2 fully saturated rings. The Hall–Kier alpha value is -3.61. The molecular weight excluding hydrogens is 466 g/mol. The lowest BCUT2D eigenvalue weighted by atomic mass is 9.77. The van der Waals surface area contributed by atoms with E-state index in [1.807, 2.05) is 31.2 Å². The molecule has 1 spiro atoms. The maximum absolute atomic E-state index is 13.8. The van der Waals surface area contributed by atoms with Gasteiger partial charge in [0.05, 0.1) is 24.5 Å². The summed E-state index contributed by atoms with van der Waals surface area (Å²) >= 11 is 6.46. The fourth-order valence-electron chi connectivity index (χ4n) is 5.60. The highest BCUT2D eigenvalue weighted by Gasteiger charge is 2.74. The number of likely N-dealkylation sites (tertiary alicyclic amines) is 1. The van der Waals surface area contributed by atoms with E-state index in [4.69, 9.17) is 16.3 Å². The molecule has 7 heteroatoms. The highest BCUT2D eigenvalue weighted by Crippen LogP contribution is 2.58. The summed E-state index contributed by atoms with van der Waals surface area (Å²) in [4.78, 5) is 56.2. The van der Waals surface area contributed by atoms with Gasteiger partial charge in [0.25, 0.3) is 0 Å². The third-order valence-electron chi connectivity index (χ3n) is 7.28. The third kappa shape index (κ3) is 2.93. The zero-order valence-corrected chi connectivity index (χ0v) is 19.5. The zero-order valence-electron chi connectivity index (χ0n) is 18.7. The number of fused-ring (bicyclic) bond motifs is 3. The van der Waals surface area contributed by atoms with Crippen LogP contribution in [0.15, 0.2) is 72.8 Å². The number of ketones is 2. The number of Topliss-reactive ketones (excluding diaryl/α,β-unsaturated/α-hetero) is 2. The standard InChI is InChI=1S/C28H20ClNO5/c1-15-10-12-16(13-11-15)14-30-26(33)21-22(27(30)34)28(35-23(21)19-8-4-5-9-20(19)29)24(31)17-6-2-3-7-18(17)25(28)32/h2-13,21-23H,14H2,1H3/t21-,22+,23-/m0/s1. The molecule has 0 radical (unpaired) electrons. The Labute approximate surface area is 206 Å². The molecule has 0 saturated carbocycles. The lowest BCUT2D eigenvalue weighted by molar-refractivity contribution is -0.145. The quantitative estimate of drug-likeness (QED) is 0.407. The van der Waals surface area contributed by atoms with Crippen LogP contribution in [0.1, 0.15) is 43.5 Å². The van der Waals surface area contributed by atoms with Crippen molar-refractivity contribution in [2.45, 2.75) is 25.2 Å². The lowest BCUT2D eigenvalue weighted by Gasteiger charge is -2.27. The largest absolute Gasteiger partial charge is 0.349 e. The number of nitrogens with zero attached hydrogens (tertiary/aromatic N) is 1. The number of aryl methyl sites for hydroxylation is 1. The van der Waals surface area contributed by atoms with Crippen LogP contribution < -0.4 is 0 Å². The number of ether oxygens (including phenoxy) is 1. The van der Waals surface area contributed by atoms with Crippen LogP contribution in [0.4, 0.5) is 0 Å². The SMILES string of the molecule is Cc1ccc(CN2C(=O)[C@@H]3[C@H](c4ccccc4Cl)OC4(C(=O)c5ccccc5C4=O)[C@H]3C2=O)cc1. The van der Waals surface area contributed by atoms with Crippen molar-refractivity contribution in [3.05, 3.63) is 106 Å². The molecule has 0 aromatic heterocycles. The molecule has 3 aromatic rings. The van der Waals surface area contributed by atoms with Gasteiger partial charge in [-0.25, -0.2) is 0 Å². The maximum atomic E-state index is 13.8. The minimum atomic E-state index is -2.09. The van der Waals surface area contributed by atoms with E-state index < -0.39 is 46.9 Å². The van der Waals surface area contributed by atoms with Crippen LogP contribution in [0, 0.1) is 18.8 Å². The Bertz CT molecular complexity index is 1390. The molecule has 2 saturated heterocycles. The molecule has 2 amide bonds. The van der Waals surface area contributed by atoms with Crippen molar-refractivity contribution < 1.29 is 23.9 Å². The first kappa shape index (κ1) is 21.9. The van der Waals surface area contributed by atoms with Gasteiger partial charge in [0, 0.05) is 21.7 Å².